The van der Waals surface area contributed by atoms with Gasteiger partial charge in [-0.15, -0.1) is 11.3 Å². The molecule has 0 fully saturated rings. The summed E-state index contributed by atoms with van der Waals surface area (Å²) in [6.45, 7) is 3.10. The van der Waals surface area contributed by atoms with Crippen LogP contribution in [0.3, 0.4) is 0 Å². The molecule has 150 valence electrons. The number of rotatable bonds is 6. The third-order valence-electron chi connectivity index (χ3n) is 5.18. The van der Waals surface area contributed by atoms with Gasteiger partial charge >= 0.3 is 0 Å². The van der Waals surface area contributed by atoms with E-state index in [1.165, 1.54) is 23.5 Å². The van der Waals surface area contributed by atoms with Gasteiger partial charge in [0.1, 0.15) is 23.2 Å². The van der Waals surface area contributed by atoms with E-state index in [0.717, 1.165) is 22.0 Å². The molecule has 1 aliphatic rings. The molecular weight excluding hydrogens is 389 g/mol. The van der Waals surface area contributed by atoms with Gasteiger partial charge in [-0.2, -0.15) is 0 Å². The van der Waals surface area contributed by atoms with Gasteiger partial charge in [-0.25, -0.2) is 9.37 Å². The van der Waals surface area contributed by atoms with E-state index in [9.17, 15) is 9.18 Å². The van der Waals surface area contributed by atoms with E-state index < -0.39 is 0 Å². The van der Waals surface area contributed by atoms with E-state index in [2.05, 4.69) is 16.8 Å². The van der Waals surface area contributed by atoms with Crippen molar-refractivity contribution in [3.63, 3.8) is 0 Å². The maximum atomic E-state index is 13.0. The molecule has 5 nitrogen and oxygen atoms in total. The van der Waals surface area contributed by atoms with Crippen LogP contribution >= 0.6 is 11.3 Å². The molecule has 0 spiro atoms. The summed E-state index contributed by atoms with van der Waals surface area (Å²) in [5.74, 6) is -0.215. The van der Waals surface area contributed by atoms with Crippen molar-refractivity contribution >= 4 is 22.9 Å². The summed E-state index contributed by atoms with van der Waals surface area (Å²) in [5, 5.41) is 2.89. The average Bonchev–Trinajstić information content (AvgIpc) is 3.17. The summed E-state index contributed by atoms with van der Waals surface area (Å²) in [7, 11) is 0. The SMILES string of the molecule is C[C@@H]1C[C@H](C(N)=O)c2ccccc2N1Cc1csc(COc2ccc(F)cc2)n1. The number of aromatic nitrogens is 1. The van der Waals surface area contributed by atoms with Crippen molar-refractivity contribution in [1.82, 2.24) is 4.98 Å². The maximum Gasteiger partial charge on any atom is 0.225 e. The smallest absolute Gasteiger partial charge is 0.225 e. The van der Waals surface area contributed by atoms with Crippen LogP contribution in [0.5, 0.6) is 5.75 Å². The Morgan fingerprint density at radius 2 is 2.03 bits per heavy atom. The van der Waals surface area contributed by atoms with Gasteiger partial charge in [0.15, 0.2) is 0 Å². The lowest BCUT2D eigenvalue weighted by Gasteiger charge is -2.39. The second-order valence-corrected chi connectivity index (χ2v) is 8.14. The van der Waals surface area contributed by atoms with E-state index in [1.807, 2.05) is 29.6 Å². The van der Waals surface area contributed by atoms with E-state index in [0.29, 0.717) is 25.3 Å². The number of fused-ring (bicyclic) bond motifs is 1. The van der Waals surface area contributed by atoms with Gasteiger partial charge in [0, 0.05) is 17.1 Å². The number of amides is 1. The van der Waals surface area contributed by atoms with Crippen LogP contribution in [0, 0.1) is 5.82 Å². The molecule has 1 aliphatic heterocycles. The van der Waals surface area contributed by atoms with Gasteiger partial charge in [-0.05, 0) is 49.2 Å². The number of carbonyl (C=O) groups is 1. The number of hydrogen-bond acceptors (Lipinski definition) is 5. The number of thiazole rings is 1. The molecule has 4 rings (SSSR count). The minimum Gasteiger partial charge on any atom is -0.486 e. The number of para-hydroxylation sites is 1. The average molecular weight is 412 g/mol. The third kappa shape index (κ3) is 4.24. The molecule has 1 aromatic heterocycles. The Bertz CT molecular complexity index is 1010. The van der Waals surface area contributed by atoms with Crippen LogP contribution in [0.25, 0.3) is 0 Å². The van der Waals surface area contributed by atoms with Crippen molar-refractivity contribution in [3.05, 3.63) is 76.0 Å². The molecule has 3 aromatic rings. The molecule has 0 unspecified atom stereocenters. The zero-order valence-corrected chi connectivity index (χ0v) is 16.9. The van der Waals surface area contributed by atoms with Crippen LogP contribution < -0.4 is 15.4 Å². The molecule has 0 radical (unpaired) electrons. The van der Waals surface area contributed by atoms with Crippen LogP contribution in [0.15, 0.2) is 53.9 Å². The fraction of sp³-hybridized carbons (Fsp3) is 0.273. The molecule has 0 bridgehead atoms. The quantitative estimate of drug-likeness (QED) is 0.659. The van der Waals surface area contributed by atoms with Gasteiger partial charge in [0.2, 0.25) is 5.91 Å². The van der Waals surface area contributed by atoms with Crippen molar-refractivity contribution in [2.24, 2.45) is 5.73 Å². The zero-order chi connectivity index (χ0) is 20.4. The molecule has 7 heteroatoms. The minimum atomic E-state index is -0.289. The Morgan fingerprint density at radius 1 is 1.28 bits per heavy atom. The second-order valence-electron chi connectivity index (χ2n) is 7.20. The molecule has 0 aliphatic carbocycles. The van der Waals surface area contributed by atoms with Crippen molar-refractivity contribution in [2.45, 2.75) is 38.5 Å². The topological polar surface area (TPSA) is 68.5 Å². The lowest BCUT2D eigenvalue weighted by atomic mass is 9.85. The molecule has 0 saturated carbocycles. The number of carbonyl (C=O) groups excluding carboxylic acids is 1. The molecular formula is C22H22FN3O2S. The Balaban J connectivity index is 1.47. The number of anilines is 1. The molecule has 1 amide bonds. The number of halogens is 1. The van der Waals surface area contributed by atoms with E-state index in [1.54, 1.807) is 12.1 Å². The lowest BCUT2D eigenvalue weighted by molar-refractivity contribution is -0.119. The number of nitrogens with zero attached hydrogens (tertiary/aromatic N) is 2. The Hall–Kier alpha value is -2.93. The standard InChI is InChI=1S/C22H22FN3O2S/c1-14-10-19(22(24)27)18-4-2-3-5-20(18)26(14)11-16-13-29-21(25-16)12-28-17-8-6-15(23)7-9-17/h2-9,13-14,19H,10-12H2,1H3,(H2,24,27)/t14-,19+/m1/s1. The minimum absolute atomic E-state index is 0.169. The van der Waals surface area contributed by atoms with Crippen molar-refractivity contribution in [2.75, 3.05) is 4.90 Å². The normalized spacial score (nSPS) is 18.3. The van der Waals surface area contributed by atoms with Gasteiger partial charge in [0.05, 0.1) is 18.2 Å². The van der Waals surface area contributed by atoms with Crippen LogP contribution in [0.1, 0.15) is 35.5 Å². The lowest BCUT2D eigenvalue weighted by Crippen LogP contribution is -2.41. The number of ether oxygens (including phenoxy) is 1. The fourth-order valence-corrected chi connectivity index (χ4v) is 4.42. The summed E-state index contributed by atoms with van der Waals surface area (Å²) in [4.78, 5) is 18.9. The monoisotopic (exact) mass is 411 g/mol. The highest BCUT2D eigenvalue weighted by Crippen LogP contribution is 2.39. The highest BCUT2D eigenvalue weighted by Gasteiger charge is 2.33. The fourth-order valence-electron chi connectivity index (χ4n) is 3.73. The molecule has 2 heterocycles. The Morgan fingerprint density at radius 3 is 2.79 bits per heavy atom. The first-order valence-electron chi connectivity index (χ1n) is 9.48. The number of hydrogen-bond donors (Lipinski definition) is 1. The highest BCUT2D eigenvalue weighted by atomic mass is 32.1. The first kappa shape index (κ1) is 19.4. The molecule has 2 atom stereocenters. The van der Waals surface area contributed by atoms with Gasteiger partial charge in [0.25, 0.3) is 0 Å². The summed E-state index contributed by atoms with van der Waals surface area (Å²) in [6, 6.07) is 14.0. The number of primary amides is 1. The predicted molar refractivity (Wildman–Crippen MR) is 111 cm³/mol. The Labute approximate surface area is 172 Å². The summed E-state index contributed by atoms with van der Waals surface area (Å²) >= 11 is 1.54. The molecule has 0 saturated heterocycles. The largest absolute Gasteiger partial charge is 0.486 e. The number of nitrogens with two attached hydrogens (primary N) is 1. The maximum absolute atomic E-state index is 13.0. The van der Waals surface area contributed by atoms with Gasteiger partial charge in [-0.1, -0.05) is 18.2 Å². The predicted octanol–water partition coefficient (Wildman–Crippen LogP) is 4.23. The second kappa shape index (κ2) is 8.21. The molecule has 2 N–H and O–H groups in total. The summed E-state index contributed by atoms with van der Waals surface area (Å²) in [6.07, 6.45) is 0.691. The summed E-state index contributed by atoms with van der Waals surface area (Å²) in [5.41, 5.74) is 8.60. The zero-order valence-electron chi connectivity index (χ0n) is 16.0. The van der Waals surface area contributed by atoms with E-state index >= 15 is 0 Å². The van der Waals surface area contributed by atoms with E-state index in [4.69, 9.17) is 10.5 Å². The van der Waals surface area contributed by atoms with Crippen LogP contribution in [0.4, 0.5) is 10.1 Å². The first-order valence-corrected chi connectivity index (χ1v) is 10.4. The van der Waals surface area contributed by atoms with Crippen LogP contribution in [-0.2, 0) is 17.9 Å². The molecule has 2 aromatic carbocycles. The van der Waals surface area contributed by atoms with E-state index in [-0.39, 0.29) is 23.7 Å². The van der Waals surface area contributed by atoms with Crippen molar-refractivity contribution < 1.29 is 13.9 Å². The third-order valence-corrected chi connectivity index (χ3v) is 6.05. The van der Waals surface area contributed by atoms with Crippen LogP contribution in [0.2, 0.25) is 0 Å². The van der Waals surface area contributed by atoms with Crippen molar-refractivity contribution in [1.29, 1.82) is 0 Å². The number of benzene rings is 2. The Kier molecular flexibility index (Phi) is 5.49. The highest BCUT2D eigenvalue weighted by molar-refractivity contribution is 7.09. The molecule has 29 heavy (non-hydrogen) atoms. The van der Waals surface area contributed by atoms with Crippen molar-refractivity contribution in [3.8, 4) is 5.75 Å². The van der Waals surface area contributed by atoms with Gasteiger partial charge in [-0.3, -0.25) is 4.79 Å². The first-order chi connectivity index (χ1) is 14.0. The summed E-state index contributed by atoms with van der Waals surface area (Å²) < 4.78 is 18.7. The van der Waals surface area contributed by atoms with Gasteiger partial charge < -0.3 is 15.4 Å². The van der Waals surface area contributed by atoms with Crippen LogP contribution in [-0.4, -0.2) is 16.9 Å².